The predicted molar refractivity (Wildman–Crippen MR) is 101 cm³/mol. The maximum atomic E-state index is 12.6. The standard InChI is InChI=1S/C19H30N2O2.ClH/c1-15(2)14-23-18-6-4-17(5-7-18)19(22)21-12-9-16(10-13-21)8-11-20-3;/h4-7,15-16,20H,8-14H2,1-3H3;1H. The summed E-state index contributed by atoms with van der Waals surface area (Å²) in [6, 6.07) is 7.56. The van der Waals surface area contributed by atoms with Crippen LogP contribution in [0, 0.1) is 11.8 Å². The van der Waals surface area contributed by atoms with Gasteiger partial charge in [-0.25, -0.2) is 0 Å². The molecule has 24 heavy (non-hydrogen) atoms. The van der Waals surface area contributed by atoms with Gasteiger partial charge in [0.1, 0.15) is 5.75 Å². The van der Waals surface area contributed by atoms with Crippen LogP contribution in [-0.2, 0) is 0 Å². The second kappa shape index (κ2) is 10.6. The lowest BCUT2D eigenvalue weighted by molar-refractivity contribution is 0.0687. The lowest BCUT2D eigenvalue weighted by Gasteiger charge is -2.32. The minimum Gasteiger partial charge on any atom is -0.493 e. The molecule has 0 bridgehead atoms. The number of hydrogen-bond acceptors (Lipinski definition) is 3. The zero-order valence-corrected chi connectivity index (χ0v) is 15.9. The normalized spacial score (nSPS) is 15.2. The highest BCUT2D eigenvalue weighted by molar-refractivity contribution is 5.94. The van der Waals surface area contributed by atoms with Crippen molar-refractivity contribution in [3.63, 3.8) is 0 Å². The molecule has 0 atom stereocenters. The molecule has 4 nitrogen and oxygen atoms in total. The van der Waals surface area contributed by atoms with Crippen LogP contribution in [0.4, 0.5) is 0 Å². The molecule has 1 amide bonds. The van der Waals surface area contributed by atoms with E-state index in [0.29, 0.717) is 12.5 Å². The average molecular weight is 355 g/mol. The number of hydrogen-bond donors (Lipinski definition) is 1. The Bertz CT molecular complexity index is 483. The van der Waals surface area contributed by atoms with Gasteiger partial charge in [0.15, 0.2) is 0 Å². The van der Waals surface area contributed by atoms with Gasteiger partial charge in [0.2, 0.25) is 0 Å². The fraction of sp³-hybridized carbons (Fsp3) is 0.632. The molecule has 1 N–H and O–H groups in total. The number of ether oxygens (including phenoxy) is 1. The molecule has 0 aromatic heterocycles. The lowest BCUT2D eigenvalue weighted by atomic mass is 9.93. The smallest absolute Gasteiger partial charge is 0.253 e. The molecule has 1 heterocycles. The minimum atomic E-state index is 0. The fourth-order valence-electron chi connectivity index (χ4n) is 2.91. The second-order valence-electron chi connectivity index (χ2n) is 6.86. The van der Waals surface area contributed by atoms with Gasteiger partial charge in [0.25, 0.3) is 5.91 Å². The molecule has 1 aromatic carbocycles. The van der Waals surface area contributed by atoms with Gasteiger partial charge in [-0.1, -0.05) is 13.8 Å². The first-order valence-electron chi connectivity index (χ1n) is 8.77. The molecule has 136 valence electrons. The van der Waals surface area contributed by atoms with Crippen molar-refractivity contribution in [3.05, 3.63) is 29.8 Å². The van der Waals surface area contributed by atoms with Gasteiger partial charge < -0.3 is 15.0 Å². The molecular formula is C19H31ClN2O2. The summed E-state index contributed by atoms with van der Waals surface area (Å²) in [5, 5.41) is 3.20. The van der Waals surface area contributed by atoms with Crippen LogP contribution < -0.4 is 10.1 Å². The highest BCUT2D eigenvalue weighted by Crippen LogP contribution is 2.22. The zero-order chi connectivity index (χ0) is 16.7. The third kappa shape index (κ3) is 6.33. The second-order valence-corrected chi connectivity index (χ2v) is 6.86. The van der Waals surface area contributed by atoms with Crippen LogP contribution in [0.5, 0.6) is 5.75 Å². The molecule has 0 saturated carbocycles. The number of amides is 1. The van der Waals surface area contributed by atoms with Gasteiger partial charge in [-0.3, -0.25) is 4.79 Å². The summed E-state index contributed by atoms with van der Waals surface area (Å²) in [4.78, 5) is 14.6. The van der Waals surface area contributed by atoms with Crippen LogP contribution in [0.3, 0.4) is 0 Å². The third-order valence-corrected chi connectivity index (χ3v) is 4.39. The van der Waals surface area contributed by atoms with Crippen LogP contribution in [0.15, 0.2) is 24.3 Å². The van der Waals surface area contributed by atoms with E-state index in [-0.39, 0.29) is 18.3 Å². The molecule has 0 radical (unpaired) electrons. The lowest BCUT2D eigenvalue weighted by Crippen LogP contribution is -2.38. The van der Waals surface area contributed by atoms with Crippen molar-refractivity contribution in [1.82, 2.24) is 10.2 Å². The summed E-state index contributed by atoms with van der Waals surface area (Å²) < 4.78 is 5.67. The summed E-state index contributed by atoms with van der Waals surface area (Å²) in [7, 11) is 1.99. The molecule has 0 spiro atoms. The molecule has 0 unspecified atom stereocenters. The largest absolute Gasteiger partial charge is 0.493 e. The van der Waals surface area contributed by atoms with Crippen molar-refractivity contribution in [2.24, 2.45) is 11.8 Å². The maximum absolute atomic E-state index is 12.6. The van der Waals surface area contributed by atoms with Crippen molar-refractivity contribution in [2.45, 2.75) is 33.1 Å². The molecule has 0 aliphatic carbocycles. The first-order valence-corrected chi connectivity index (χ1v) is 8.77. The Morgan fingerprint density at radius 2 is 1.88 bits per heavy atom. The van der Waals surface area contributed by atoms with Gasteiger partial charge in [0, 0.05) is 18.7 Å². The number of carbonyl (C=O) groups excluding carboxylic acids is 1. The van der Waals surface area contributed by atoms with Gasteiger partial charge >= 0.3 is 0 Å². The molecule has 5 heteroatoms. The molecule has 2 rings (SSSR count). The number of benzene rings is 1. The summed E-state index contributed by atoms with van der Waals surface area (Å²) >= 11 is 0. The van der Waals surface area contributed by atoms with E-state index in [1.54, 1.807) is 0 Å². The number of likely N-dealkylation sites (tertiary alicyclic amines) is 1. The van der Waals surface area contributed by atoms with E-state index in [1.165, 1.54) is 6.42 Å². The number of nitrogens with zero attached hydrogens (tertiary/aromatic N) is 1. The Labute approximate surface area is 152 Å². The third-order valence-electron chi connectivity index (χ3n) is 4.39. The van der Waals surface area contributed by atoms with E-state index in [4.69, 9.17) is 4.74 Å². The highest BCUT2D eigenvalue weighted by atomic mass is 35.5. The monoisotopic (exact) mass is 354 g/mol. The highest BCUT2D eigenvalue weighted by Gasteiger charge is 2.23. The van der Waals surface area contributed by atoms with E-state index in [2.05, 4.69) is 19.2 Å². The van der Waals surface area contributed by atoms with Gasteiger partial charge in [-0.2, -0.15) is 0 Å². The van der Waals surface area contributed by atoms with Crippen molar-refractivity contribution in [2.75, 3.05) is 33.3 Å². The zero-order valence-electron chi connectivity index (χ0n) is 15.1. The van der Waals surface area contributed by atoms with E-state index < -0.39 is 0 Å². The SMILES string of the molecule is CNCCC1CCN(C(=O)c2ccc(OCC(C)C)cc2)CC1.Cl. The quantitative estimate of drug-likeness (QED) is 0.813. The summed E-state index contributed by atoms with van der Waals surface area (Å²) in [6.07, 6.45) is 3.44. The summed E-state index contributed by atoms with van der Waals surface area (Å²) in [6.45, 7) is 7.76. The number of carbonyl (C=O) groups is 1. The topological polar surface area (TPSA) is 41.6 Å². The van der Waals surface area contributed by atoms with Gasteiger partial charge in [-0.05, 0) is 69.0 Å². The Balaban J connectivity index is 0.00000288. The number of nitrogens with one attached hydrogen (secondary N) is 1. The Morgan fingerprint density at radius 3 is 2.42 bits per heavy atom. The Hall–Kier alpha value is -1.26. The van der Waals surface area contributed by atoms with Crippen molar-refractivity contribution in [1.29, 1.82) is 0 Å². The Kier molecular flexibility index (Phi) is 9.16. The van der Waals surface area contributed by atoms with E-state index >= 15 is 0 Å². The molecular weight excluding hydrogens is 324 g/mol. The van der Waals surface area contributed by atoms with Crippen molar-refractivity contribution >= 4 is 18.3 Å². The minimum absolute atomic E-state index is 0. The van der Waals surface area contributed by atoms with Crippen LogP contribution in [0.1, 0.15) is 43.5 Å². The fourth-order valence-corrected chi connectivity index (χ4v) is 2.91. The van der Waals surface area contributed by atoms with E-state index in [0.717, 1.165) is 49.7 Å². The maximum Gasteiger partial charge on any atom is 0.253 e. The van der Waals surface area contributed by atoms with Gasteiger partial charge in [-0.15, -0.1) is 12.4 Å². The molecule has 1 fully saturated rings. The number of rotatable bonds is 7. The van der Waals surface area contributed by atoms with Crippen LogP contribution in [0.2, 0.25) is 0 Å². The van der Waals surface area contributed by atoms with Crippen molar-refractivity contribution < 1.29 is 9.53 Å². The first-order chi connectivity index (χ1) is 11.1. The number of halogens is 1. The molecule has 1 saturated heterocycles. The van der Waals surface area contributed by atoms with Gasteiger partial charge in [0.05, 0.1) is 6.61 Å². The summed E-state index contributed by atoms with van der Waals surface area (Å²) in [5.74, 6) is 2.23. The average Bonchev–Trinajstić information content (AvgIpc) is 2.58. The van der Waals surface area contributed by atoms with E-state index in [1.807, 2.05) is 36.2 Å². The van der Waals surface area contributed by atoms with Crippen molar-refractivity contribution in [3.8, 4) is 5.75 Å². The van der Waals surface area contributed by atoms with Crippen LogP contribution in [0.25, 0.3) is 0 Å². The number of piperidine rings is 1. The van der Waals surface area contributed by atoms with Crippen LogP contribution in [-0.4, -0.2) is 44.1 Å². The molecule has 1 aliphatic rings. The Morgan fingerprint density at radius 1 is 1.25 bits per heavy atom. The first kappa shape index (κ1) is 20.8. The van der Waals surface area contributed by atoms with Crippen LogP contribution >= 0.6 is 12.4 Å². The molecule has 1 aliphatic heterocycles. The predicted octanol–water partition coefficient (Wildman–Crippen LogP) is 3.60. The summed E-state index contributed by atoms with van der Waals surface area (Å²) in [5.41, 5.74) is 0.760. The van der Waals surface area contributed by atoms with E-state index in [9.17, 15) is 4.79 Å². The molecule has 1 aromatic rings.